The molecule has 0 spiro atoms. The topological polar surface area (TPSA) is 89.1 Å². The van der Waals surface area contributed by atoms with Crippen LogP contribution in [0, 0.1) is 0 Å². The molecule has 26 heavy (non-hydrogen) atoms. The maximum atomic E-state index is 12.4. The smallest absolute Gasteiger partial charge is 0.294 e. The molecule has 6 nitrogen and oxygen atoms in total. The predicted octanol–water partition coefficient (Wildman–Crippen LogP) is 4.18. The van der Waals surface area contributed by atoms with Crippen LogP contribution in [0.5, 0.6) is 28.9 Å². The van der Waals surface area contributed by atoms with Crippen molar-refractivity contribution in [3.63, 3.8) is 0 Å². The summed E-state index contributed by atoms with van der Waals surface area (Å²) in [4.78, 5) is 12.4. The van der Waals surface area contributed by atoms with Crippen LogP contribution in [0.25, 0.3) is 17.0 Å². The van der Waals surface area contributed by atoms with Crippen LogP contribution in [0.1, 0.15) is 19.4 Å². The third-order valence-corrected chi connectivity index (χ3v) is 4.05. The van der Waals surface area contributed by atoms with Gasteiger partial charge in [-0.05, 0) is 50.3 Å². The number of aromatic hydroxyl groups is 2. The number of hydrogen-bond donors (Lipinski definition) is 2. The van der Waals surface area contributed by atoms with Gasteiger partial charge in [-0.15, -0.1) is 0 Å². The molecule has 0 radical (unpaired) electrons. The second-order valence-corrected chi connectivity index (χ2v) is 6.58. The molecule has 3 aromatic rings. The minimum atomic E-state index is -0.451. The summed E-state index contributed by atoms with van der Waals surface area (Å²) < 4.78 is 17.2. The van der Waals surface area contributed by atoms with Gasteiger partial charge in [-0.3, -0.25) is 4.79 Å². The van der Waals surface area contributed by atoms with Gasteiger partial charge in [0.2, 0.25) is 0 Å². The number of fused-ring (bicyclic) bond motifs is 3. The van der Waals surface area contributed by atoms with Gasteiger partial charge in [-0.2, -0.15) is 0 Å². The van der Waals surface area contributed by atoms with Crippen molar-refractivity contribution in [1.82, 2.24) is 0 Å². The van der Waals surface area contributed by atoms with Gasteiger partial charge in [-0.1, -0.05) is 0 Å². The van der Waals surface area contributed by atoms with Crippen LogP contribution in [0.2, 0.25) is 0 Å². The second-order valence-electron chi connectivity index (χ2n) is 6.58. The Labute approximate surface area is 148 Å². The first-order chi connectivity index (χ1) is 12.3. The molecule has 0 amide bonds. The van der Waals surface area contributed by atoms with Crippen LogP contribution in [-0.2, 0) is 0 Å². The molecule has 2 aromatic carbocycles. The van der Waals surface area contributed by atoms with Gasteiger partial charge in [0.1, 0.15) is 17.1 Å². The molecule has 2 heterocycles. The van der Waals surface area contributed by atoms with E-state index in [2.05, 4.69) is 0 Å². The first kappa shape index (κ1) is 16.1. The molecule has 0 saturated carbocycles. The Bertz CT molecular complexity index is 1110. The van der Waals surface area contributed by atoms with Crippen LogP contribution >= 0.6 is 0 Å². The Morgan fingerprint density at radius 3 is 2.65 bits per heavy atom. The van der Waals surface area contributed by atoms with Crippen molar-refractivity contribution in [2.75, 3.05) is 0 Å². The first-order valence-electron chi connectivity index (χ1n) is 8.01. The molecular weight excluding hydrogens is 336 g/mol. The van der Waals surface area contributed by atoms with Crippen molar-refractivity contribution in [1.29, 1.82) is 0 Å². The van der Waals surface area contributed by atoms with Gasteiger partial charge < -0.3 is 24.1 Å². The zero-order valence-electron chi connectivity index (χ0n) is 14.1. The van der Waals surface area contributed by atoms with E-state index in [1.807, 2.05) is 26.0 Å². The summed E-state index contributed by atoms with van der Waals surface area (Å²) in [6.45, 7) is 3.86. The van der Waals surface area contributed by atoms with Crippen molar-refractivity contribution in [2.45, 2.75) is 19.4 Å². The second kappa shape index (κ2) is 5.56. The van der Waals surface area contributed by atoms with Gasteiger partial charge in [-0.25, -0.2) is 0 Å². The van der Waals surface area contributed by atoms with Crippen molar-refractivity contribution < 1.29 is 24.1 Å². The van der Waals surface area contributed by atoms with E-state index in [-0.39, 0.29) is 28.6 Å². The highest BCUT2D eigenvalue weighted by Gasteiger charge is 2.24. The van der Waals surface area contributed by atoms with Crippen LogP contribution in [0.3, 0.4) is 0 Å². The standard InChI is InChI=1S/C20H16O6/c1-20(2)8-7-13-16(26-20)6-4-12-14(22)10-18(25-19(12)13)24-17-5-3-11(21)9-15(17)23/h3-10,21,23H,1-2H3. The van der Waals surface area contributed by atoms with Gasteiger partial charge in [0.25, 0.3) is 5.95 Å². The summed E-state index contributed by atoms with van der Waals surface area (Å²) in [5, 5.41) is 19.6. The zero-order chi connectivity index (χ0) is 18.5. The van der Waals surface area contributed by atoms with Gasteiger partial charge >= 0.3 is 0 Å². The Balaban J connectivity index is 1.84. The molecule has 132 valence electrons. The highest BCUT2D eigenvalue weighted by molar-refractivity contribution is 5.89. The molecule has 1 aromatic heterocycles. The maximum Gasteiger partial charge on any atom is 0.294 e. The number of hydrogen-bond acceptors (Lipinski definition) is 6. The van der Waals surface area contributed by atoms with Crippen molar-refractivity contribution in [2.24, 2.45) is 0 Å². The number of phenols is 2. The summed E-state index contributed by atoms with van der Waals surface area (Å²) in [6, 6.07) is 8.46. The van der Waals surface area contributed by atoms with E-state index in [9.17, 15) is 15.0 Å². The minimum absolute atomic E-state index is 0.0584. The molecule has 0 bridgehead atoms. The lowest BCUT2D eigenvalue weighted by Gasteiger charge is -2.27. The molecule has 0 atom stereocenters. The van der Waals surface area contributed by atoms with Gasteiger partial charge in [0.15, 0.2) is 22.5 Å². The third kappa shape index (κ3) is 2.75. The normalized spacial score (nSPS) is 14.7. The lowest BCUT2D eigenvalue weighted by molar-refractivity contribution is 0.159. The Kier molecular flexibility index (Phi) is 3.44. The molecule has 4 rings (SSSR count). The van der Waals surface area contributed by atoms with E-state index in [4.69, 9.17) is 13.9 Å². The highest BCUT2D eigenvalue weighted by atomic mass is 16.6. The fraction of sp³-hybridized carbons (Fsp3) is 0.150. The van der Waals surface area contributed by atoms with Crippen LogP contribution < -0.4 is 14.9 Å². The zero-order valence-corrected chi connectivity index (χ0v) is 14.1. The van der Waals surface area contributed by atoms with Crippen LogP contribution in [-0.4, -0.2) is 15.8 Å². The van der Waals surface area contributed by atoms with Crippen molar-refractivity contribution in [3.8, 4) is 28.9 Å². The Morgan fingerprint density at radius 1 is 1.08 bits per heavy atom. The lowest BCUT2D eigenvalue weighted by Crippen LogP contribution is -2.27. The summed E-state index contributed by atoms with van der Waals surface area (Å²) >= 11 is 0. The van der Waals surface area contributed by atoms with E-state index in [0.29, 0.717) is 22.3 Å². The Morgan fingerprint density at radius 2 is 1.88 bits per heavy atom. The first-order valence-corrected chi connectivity index (χ1v) is 8.01. The number of benzene rings is 2. The molecule has 2 N–H and O–H groups in total. The quantitative estimate of drug-likeness (QED) is 0.719. The summed E-state index contributed by atoms with van der Waals surface area (Å²) in [5.74, 6) is 0.220. The van der Waals surface area contributed by atoms with Crippen molar-refractivity contribution >= 4 is 17.0 Å². The van der Waals surface area contributed by atoms with E-state index >= 15 is 0 Å². The molecule has 0 aliphatic carbocycles. The van der Waals surface area contributed by atoms with E-state index in [1.165, 1.54) is 18.2 Å². The van der Waals surface area contributed by atoms with Crippen LogP contribution in [0.15, 0.2) is 51.7 Å². The lowest BCUT2D eigenvalue weighted by atomic mass is 10.0. The van der Waals surface area contributed by atoms with Gasteiger partial charge in [0.05, 0.1) is 17.0 Å². The SMILES string of the molecule is CC1(C)C=Cc2c(ccc3c(=O)cc(Oc4ccc(O)cc4O)oc23)O1. The molecule has 0 saturated heterocycles. The number of ether oxygens (including phenoxy) is 2. The van der Waals surface area contributed by atoms with E-state index < -0.39 is 5.60 Å². The average Bonchev–Trinajstić information content (AvgIpc) is 2.56. The highest BCUT2D eigenvalue weighted by Crippen LogP contribution is 2.38. The summed E-state index contributed by atoms with van der Waals surface area (Å²) in [5.41, 5.74) is 0.266. The summed E-state index contributed by atoms with van der Waals surface area (Å²) in [6.07, 6.45) is 3.74. The Hall–Kier alpha value is -3.41. The molecule has 0 fully saturated rings. The largest absolute Gasteiger partial charge is 0.508 e. The number of rotatable bonds is 2. The molecule has 1 aliphatic rings. The third-order valence-electron chi connectivity index (χ3n) is 4.05. The predicted molar refractivity (Wildman–Crippen MR) is 96.1 cm³/mol. The number of phenolic OH excluding ortho intramolecular Hbond substituents is 2. The van der Waals surface area contributed by atoms with Crippen LogP contribution in [0.4, 0.5) is 0 Å². The molecular formula is C20H16O6. The van der Waals surface area contributed by atoms with Gasteiger partial charge in [0, 0.05) is 6.07 Å². The minimum Gasteiger partial charge on any atom is -0.508 e. The fourth-order valence-electron chi connectivity index (χ4n) is 2.80. The van der Waals surface area contributed by atoms with Crippen molar-refractivity contribution in [3.05, 3.63) is 58.3 Å². The van der Waals surface area contributed by atoms with E-state index in [1.54, 1.807) is 12.1 Å². The fourth-order valence-corrected chi connectivity index (χ4v) is 2.80. The maximum absolute atomic E-state index is 12.4. The molecule has 0 unspecified atom stereocenters. The van der Waals surface area contributed by atoms with E-state index in [0.717, 1.165) is 6.07 Å². The summed E-state index contributed by atoms with van der Waals surface area (Å²) in [7, 11) is 0. The monoisotopic (exact) mass is 352 g/mol. The average molecular weight is 352 g/mol. The molecule has 1 aliphatic heterocycles. The molecule has 6 heteroatoms.